The summed E-state index contributed by atoms with van der Waals surface area (Å²) >= 11 is 0. The molecule has 1 saturated heterocycles. The molecule has 0 spiro atoms. The van der Waals surface area contributed by atoms with E-state index in [1.807, 2.05) is 48.5 Å². The normalized spacial score (nSPS) is 19.8. The van der Waals surface area contributed by atoms with E-state index in [0.717, 1.165) is 22.4 Å². The van der Waals surface area contributed by atoms with Crippen LogP contribution in [0.4, 0.5) is 5.69 Å². The monoisotopic (exact) mass is 433 g/mol. The first-order valence-corrected chi connectivity index (χ1v) is 10.6. The van der Waals surface area contributed by atoms with E-state index in [9.17, 15) is 15.3 Å². The second-order valence-electron chi connectivity index (χ2n) is 7.85. The number of benzene rings is 2. The topological polar surface area (TPSA) is 99.8 Å². The Balaban J connectivity index is 1.44. The van der Waals surface area contributed by atoms with Crippen LogP contribution in [0.15, 0.2) is 60.9 Å². The molecule has 2 heterocycles. The highest BCUT2D eigenvalue weighted by Gasteiger charge is 2.25. The molecular weight excluding hydrogens is 406 g/mol. The number of hydrogen-bond donors (Lipinski definition) is 4. The van der Waals surface area contributed by atoms with E-state index in [4.69, 9.17) is 4.74 Å². The smallest absolute Gasteiger partial charge is 0.138 e. The summed E-state index contributed by atoms with van der Waals surface area (Å²) in [7, 11) is 0. The van der Waals surface area contributed by atoms with Gasteiger partial charge in [0.1, 0.15) is 18.0 Å². The minimum absolute atomic E-state index is 0.0829. The van der Waals surface area contributed by atoms with Crippen LogP contribution in [0, 0.1) is 11.8 Å². The van der Waals surface area contributed by atoms with Crippen LogP contribution >= 0.6 is 0 Å². The van der Waals surface area contributed by atoms with Crippen LogP contribution in [-0.4, -0.2) is 56.8 Å². The molecule has 0 aliphatic carbocycles. The van der Waals surface area contributed by atoms with E-state index in [1.54, 1.807) is 23.9 Å². The lowest BCUT2D eigenvalue weighted by Crippen LogP contribution is -2.31. The molecule has 1 aromatic heterocycles. The maximum Gasteiger partial charge on any atom is 0.138 e. The van der Waals surface area contributed by atoms with Gasteiger partial charge in [0.05, 0.1) is 32.0 Å². The third kappa shape index (κ3) is 5.01. The van der Waals surface area contributed by atoms with Gasteiger partial charge in [-0.2, -0.15) is 0 Å². The van der Waals surface area contributed by atoms with Crippen molar-refractivity contribution in [1.29, 1.82) is 0 Å². The zero-order chi connectivity index (χ0) is 22.5. The van der Waals surface area contributed by atoms with Gasteiger partial charge in [0.2, 0.25) is 0 Å². The number of rotatable bonds is 6. The average Bonchev–Trinajstić information content (AvgIpc) is 3.45. The Morgan fingerprint density at radius 1 is 1.12 bits per heavy atom. The minimum atomic E-state index is -0.738. The number of imidazole rings is 1. The van der Waals surface area contributed by atoms with E-state index in [0.29, 0.717) is 19.0 Å². The summed E-state index contributed by atoms with van der Waals surface area (Å²) in [6.07, 6.45) is 2.07. The van der Waals surface area contributed by atoms with Crippen LogP contribution in [0.25, 0.3) is 11.1 Å². The van der Waals surface area contributed by atoms with Crippen LogP contribution in [0.5, 0.6) is 0 Å². The van der Waals surface area contributed by atoms with Crippen molar-refractivity contribution in [3.8, 4) is 23.0 Å². The maximum absolute atomic E-state index is 9.87. The van der Waals surface area contributed by atoms with Crippen molar-refractivity contribution in [2.24, 2.45) is 0 Å². The lowest BCUT2D eigenvalue weighted by molar-refractivity contribution is 0.125. The zero-order valence-corrected chi connectivity index (χ0v) is 17.8. The predicted molar refractivity (Wildman–Crippen MR) is 122 cm³/mol. The summed E-state index contributed by atoms with van der Waals surface area (Å²) < 4.78 is 6.96. The van der Waals surface area contributed by atoms with Crippen molar-refractivity contribution in [2.75, 3.05) is 25.1 Å². The highest BCUT2D eigenvalue weighted by molar-refractivity contribution is 5.67. The van der Waals surface area contributed by atoms with Gasteiger partial charge in [0.15, 0.2) is 0 Å². The first-order valence-electron chi connectivity index (χ1n) is 10.6. The van der Waals surface area contributed by atoms with Gasteiger partial charge in [-0.1, -0.05) is 36.1 Å². The molecule has 2 aromatic carbocycles. The molecule has 0 radical (unpaired) electrons. The Kier molecular flexibility index (Phi) is 6.88. The summed E-state index contributed by atoms with van der Waals surface area (Å²) in [5.74, 6) is 6.63. The lowest BCUT2D eigenvalue weighted by Gasteiger charge is -2.16. The Morgan fingerprint density at radius 3 is 2.41 bits per heavy atom. The predicted octanol–water partition coefficient (Wildman–Crippen LogP) is 2.36. The maximum atomic E-state index is 9.87. The lowest BCUT2D eigenvalue weighted by atomic mass is 10.0. The van der Waals surface area contributed by atoms with E-state index in [2.05, 4.69) is 22.1 Å². The second-order valence-corrected chi connectivity index (χ2v) is 7.85. The third-order valence-corrected chi connectivity index (χ3v) is 5.47. The van der Waals surface area contributed by atoms with E-state index >= 15 is 0 Å². The van der Waals surface area contributed by atoms with Gasteiger partial charge >= 0.3 is 0 Å². The second kappa shape index (κ2) is 9.98. The van der Waals surface area contributed by atoms with Crippen molar-refractivity contribution in [1.82, 2.24) is 9.55 Å². The first-order chi connectivity index (χ1) is 15.5. The number of nitrogens with zero attached hydrogens (tertiary/aromatic N) is 2. The van der Waals surface area contributed by atoms with Crippen LogP contribution in [0.2, 0.25) is 0 Å². The molecule has 166 valence electrons. The number of aliphatic hydroxyl groups is 3. The van der Waals surface area contributed by atoms with E-state index in [1.165, 1.54) is 0 Å². The summed E-state index contributed by atoms with van der Waals surface area (Å²) in [6.45, 7) is 2.33. The van der Waals surface area contributed by atoms with Crippen LogP contribution in [-0.2, 0) is 4.74 Å². The highest BCUT2D eigenvalue weighted by Crippen LogP contribution is 2.23. The number of nitrogens with one attached hydrogen (secondary N) is 1. The fraction of sp³-hybridized carbons (Fsp3) is 0.320. The van der Waals surface area contributed by atoms with Crippen molar-refractivity contribution < 1.29 is 20.1 Å². The average molecular weight is 434 g/mol. The fourth-order valence-corrected chi connectivity index (χ4v) is 3.68. The number of anilines is 1. The summed E-state index contributed by atoms with van der Waals surface area (Å²) in [4.78, 5) is 4.13. The first kappa shape index (κ1) is 22.1. The minimum Gasteiger partial charge on any atom is -0.393 e. The molecule has 0 amide bonds. The summed E-state index contributed by atoms with van der Waals surface area (Å²) in [6, 6.07) is 15.4. The number of hydrogen-bond acceptors (Lipinski definition) is 6. The SMILES string of the molecule is C[C@H](O)c1nccn1[C@@H](C#Cc1ccc(-c2ccc(NC3COC[C@H]3O)cc2)cc1)CO. The molecule has 1 aliphatic rings. The molecule has 4 rings (SSSR count). The van der Waals surface area contributed by atoms with Crippen molar-refractivity contribution in [2.45, 2.75) is 31.2 Å². The standard InChI is InChI=1S/C25H27N3O4/c1-17(30)25-26-12-13-28(25)22(14-29)11-4-18-2-5-19(6-3-18)20-7-9-21(10-8-20)27-23-15-32-16-24(23)31/h2-3,5-10,12-13,17,22-24,27,29-31H,14-16H2,1H3/t17-,22-,23?,24+/m0/s1. The fourth-order valence-electron chi connectivity index (χ4n) is 3.68. The van der Waals surface area contributed by atoms with E-state index < -0.39 is 18.2 Å². The summed E-state index contributed by atoms with van der Waals surface area (Å²) in [5.41, 5.74) is 3.92. The van der Waals surface area contributed by atoms with Gasteiger partial charge in [-0.05, 0) is 42.3 Å². The molecule has 1 fully saturated rings. The molecule has 0 saturated carbocycles. The van der Waals surface area contributed by atoms with Crippen molar-refractivity contribution >= 4 is 5.69 Å². The van der Waals surface area contributed by atoms with Gasteiger partial charge < -0.3 is 29.9 Å². The molecule has 7 nitrogen and oxygen atoms in total. The molecule has 1 aliphatic heterocycles. The van der Waals surface area contributed by atoms with Crippen LogP contribution in [0.1, 0.15) is 30.5 Å². The highest BCUT2D eigenvalue weighted by atomic mass is 16.5. The van der Waals surface area contributed by atoms with Gasteiger partial charge in [-0.3, -0.25) is 0 Å². The molecule has 3 aromatic rings. The largest absolute Gasteiger partial charge is 0.393 e. The molecule has 4 N–H and O–H groups in total. The number of aromatic nitrogens is 2. The number of ether oxygens (including phenoxy) is 1. The summed E-state index contributed by atoms with van der Waals surface area (Å²) in [5, 5.41) is 32.7. The van der Waals surface area contributed by atoms with Gasteiger partial charge in [-0.15, -0.1) is 0 Å². The van der Waals surface area contributed by atoms with Crippen LogP contribution in [0.3, 0.4) is 0 Å². The molecule has 0 bridgehead atoms. The Morgan fingerprint density at radius 2 is 1.81 bits per heavy atom. The third-order valence-electron chi connectivity index (χ3n) is 5.47. The zero-order valence-electron chi connectivity index (χ0n) is 17.8. The van der Waals surface area contributed by atoms with Gasteiger partial charge in [-0.25, -0.2) is 4.98 Å². The molecule has 1 unspecified atom stereocenters. The Hall–Kier alpha value is -3.15. The number of aliphatic hydroxyl groups excluding tert-OH is 3. The Bertz CT molecular complexity index is 1080. The Labute approximate surface area is 187 Å². The quantitative estimate of drug-likeness (QED) is 0.446. The van der Waals surface area contributed by atoms with E-state index in [-0.39, 0.29) is 12.6 Å². The van der Waals surface area contributed by atoms with Gasteiger partial charge in [0, 0.05) is 23.6 Å². The van der Waals surface area contributed by atoms with Crippen molar-refractivity contribution in [3.05, 3.63) is 72.3 Å². The molecule has 7 heteroatoms. The molecule has 32 heavy (non-hydrogen) atoms. The molecular formula is C25H27N3O4. The van der Waals surface area contributed by atoms with Crippen molar-refractivity contribution in [3.63, 3.8) is 0 Å². The van der Waals surface area contributed by atoms with Gasteiger partial charge in [0.25, 0.3) is 0 Å². The molecule has 4 atom stereocenters. The van der Waals surface area contributed by atoms with Crippen LogP contribution < -0.4 is 5.32 Å².